The molecule has 1 N–H and O–H groups in total. The molecule has 0 aliphatic rings. The molecule has 0 aliphatic heterocycles. The lowest BCUT2D eigenvalue weighted by Crippen LogP contribution is -2.64. The first-order chi connectivity index (χ1) is 12.5. The average Bonchev–Trinajstić information content (AvgIpc) is 2.59. The Bertz CT molecular complexity index is 372. The molecule has 0 aromatic carbocycles. The molecular formula is C22H43NO3. The third-order valence-corrected chi connectivity index (χ3v) is 5.37. The maximum absolute atomic E-state index is 11.9. The first kappa shape index (κ1) is 25.1. The standard InChI is InChI=1S/C22H43NO3/c1-5-9-12-13-16-20(24)19-23(17-14-10-6-2,18-15-11-7-3)21(8-4)22(25)26/h13,16,20-21,24H,5-12,14-15,17-19H2,1-4H3/b16-13+. The predicted octanol–water partition coefficient (Wildman–Crippen LogP) is 3.82. The number of carbonyl (C=O) groups is 1. The Hall–Kier alpha value is -0.870. The van der Waals surface area contributed by atoms with E-state index in [1.807, 2.05) is 19.1 Å². The summed E-state index contributed by atoms with van der Waals surface area (Å²) < 4.78 is 0.456. The van der Waals surface area contributed by atoms with Gasteiger partial charge < -0.3 is 19.5 Å². The maximum atomic E-state index is 11.9. The molecule has 2 atom stereocenters. The van der Waals surface area contributed by atoms with Gasteiger partial charge in [0.2, 0.25) is 0 Å². The van der Waals surface area contributed by atoms with Crippen molar-refractivity contribution in [3.05, 3.63) is 12.2 Å². The minimum atomic E-state index is -0.970. The van der Waals surface area contributed by atoms with Crippen molar-refractivity contribution in [1.29, 1.82) is 0 Å². The number of aliphatic hydroxyl groups excluding tert-OH is 1. The second-order valence-electron chi connectivity index (χ2n) is 7.64. The number of carboxylic acid groups (broad SMARTS) is 1. The number of hydrogen-bond acceptors (Lipinski definition) is 3. The third-order valence-electron chi connectivity index (χ3n) is 5.37. The highest BCUT2D eigenvalue weighted by Crippen LogP contribution is 2.22. The van der Waals surface area contributed by atoms with E-state index >= 15 is 0 Å². The maximum Gasteiger partial charge on any atom is 0.129 e. The van der Waals surface area contributed by atoms with Gasteiger partial charge in [0.25, 0.3) is 0 Å². The van der Waals surface area contributed by atoms with Gasteiger partial charge in [0.05, 0.1) is 19.1 Å². The van der Waals surface area contributed by atoms with Crippen LogP contribution in [-0.4, -0.2) is 47.3 Å². The van der Waals surface area contributed by atoms with E-state index < -0.39 is 18.1 Å². The molecule has 2 unspecified atom stereocenters. The zero-order valence-electron chi connectivity index (χ0n) is 17.7. The lowest BCUT2D eigenvalue weighted by molar-refractivity contribution is -0.947. The van der Waals surface area contributed by atoms with E-state index in [2.05, 4.69) is 20.8 Å². The number of rotatable bonds is 17. The van der Waals surface area contributed by atoms with Gasteiger partial charge in [-0.3, -0.25) is 0 Å². The van der Waals surface area contributed by atoms with E-state index in [0.717, 1.165) is 70.9 Å². The number of carboxylic acids is 1. The fourth-order valence-corrected chi connectivity index (χ4v) is 3.87. The summed E-state index contributed by atoms with van der Waals surface area (Å²) in [6.45, 7) is 10.5. The second kappa shape index (κ2) is 15.2. The number of aliphatic carboxylic acids is 1. The van der Waals surface area contributed by atoms with Crippen LogP contribution in [0.25, 0.3) is 0 Å². The summed E-state index contributed by atoms with van der Waals surface area (Å²) in [5.74, 6) is -0.970. The Labute approximate surface area is 161 Å². The van der Waals surface area contributed by atoms with E-state index in [4.69, 9.17) is 0 Å². The summed E-state index contributed by atoms with van der Waals surface area (Å²) in [5, 5.41) is 22.5. The van der Waals surface area contributed by atoms with Gasteiger partial charge in [-0.2, -0.15) is 0 Å². The third kappa shape index (κ3) is 9.72. The highest BCUT2D eigenvalue weighted by atomic mass is 16.4. The number of quaternary nitrogens is 1. The molecule has 0 aromatic rings. The molecular weight excluding hydrogens is 326 g/mol. The summed E-state index contributed by atoms with van der Waals surface area (Å²) in [7, 11) is 0. The molecule has 0 radical (unpaired) electrons. The lowest BCUT2D eigenvalue weighted by atomic mass is 10.0. The van der Waals surface area contributed by atoms with Crippen molar-refractivity contribution in [3.8, 4) is 0 Å². The van der Waals surface area contributed by atoms with E-state index in [1.165, 1.54) is 0 Å². The van der Waals surface area contributed by atoms with E-state index in [9.17, 15) is 15.0 Å². The van der Waals surface area contributed by atoms with Gasteiger partial charge in [-0.1, -0.05) is 65.5 Å². The number of hydrogen-bond donors (Lipinski definition) is 1. The van der Waals surface area contributed by atoms with Gasteiger partial charge >= 0.3 is 0 Å². The summed E-state index contributed by atoms with van der Waals surface area (Å²) in [5.41, 5.74) is 0. The molecule has 0 aliphatic carbocycles. The highest BCUT2D eigenvalue weighted by Gasteiger charge is 2.37. The van der Waals surface area contributed by atoms with Gasteiger partial charge in [-0.05, 0) is 32.1 Å². The summed E-state index contributed by atoms with van der Waals surface area (Å²) >= 11 is 0. The van der Waals surface area contributed by atoms with Gasteiger partial charge in [-0.15, -0.1) is 0 Å². The number of aliphatic hydroxyl groups is 1. The van der Waals surface area contributed by atoms with Crippen LogP contribution in [0.3, 0.4) is 0 Å². The fourth-order valence-electron chi connectivity index (χ4n) is 3.87. The van der Waals surface area contributed by atoms with Gasteiger partial charge in [-0.25, -0.2) is 0 Å². The number of unbranched alkanes of at least 4 members (excludes halogenated alkanes) is 6. The molecule has 0 rings (SSSR count). The van der Waals surface area contributed by atoms with Crippen LogP contribution in [-0.2, 0) is 4.79 Å². The topological polar surface area (TPSA) is 60.4 Å². The minimum Gasteiger partial charge on any atom is -0.544 e. The van der Waals surface area contributed by atoms with Crippen molar-refractivity contribution in [2.45, 2.75) is 104 Å². The molecule has 0 aromatic heterocycles. The molecule has 0 fully saturated rings. The first-order valence-electron chi connectivity index (χ1n) is 10.9. The first-order valence-corrected chi connectivity index (χ1v) is 10.9. The fraction of sp³-hybridized carbons (Fsp3) is 0.864. The molecule has 4 heteroatoms. The van der Waals surface area contributed by atoms with E-state index in [-0.39, 0.29) is 0 Å². The summed E-state index contributed by atoms with van der Waals surface area (Å²) in [6, 6.07) is -0.539. The van der Waals surface area contributed by atoms with Crippen LogP contribution in [0.1, 0.15) is 91.9 Å². The van der Waals surface area contributed by atoms with Crippen LogP contribution in [0.15, 0.2) is 12.2 Å². The van der Waals surface area contributed by atoms with Gasteiger partial charge in [0.1, 0.15) is 18.7 Å². The minimum absolute atomic E-state index is 0.456. The molecule has 26 heavy (non-hydrogen) atoms. The largest absolute Gasteiger partial charge is 0.544 e. The van der Waals surface area contributed by atoms with Crippen molar-refractivity contribution < 1.29 is 19.5 Å². The molecule has 0 saturated carbocycles. The second-order valence-corrected chi connectivity index (χ2v) is 7.64. The van der Waals surface area contributed by atoms with Gasteiger partial charge in [0.15, 0.2) is 0 Å². The van der Waals surface area contributed by atoms with Crippen LogP contribution in [0.2, 0.25) is 0 Å². The van der Waals surface area contributed by atoms with Crippen LogP contribution in [0.4, 0.5) is 0 Å². The smallest absolute Gasteiger partial charge is 0.129 e. The summed E-state index contributed by atoms with van der Waals surface area (Å²) in [6.07, 6.45) is 13.5. The van der Waals surface area contributed by atoms with Crippen LogP contribution >= 0.6 is 0 Å². The predicted molar refractivity (Wildman–Crippen MR) is 108 cm³/mol. The summed E-state index contributed by atoms with van der Waals surface area (Å²) in [4.78, 5) is 11.9. The normalized spacial score (nSPS) is 14.7. The molecule has 0 bridgehead atoms. The molecule has 154 valence electrons. The quantitative estimate of drug-likeness (QED) is 0.241. The number of nitrogens with zero attached hydrogens (tertiary/aromatic N) is 1. The molecule has 4 nitrogen and oxygen atoms in total. The average molecular weight is 370 g/mol. The Balaban J connectivity index is 5.36. The van der Waals surface area contributed by atoms with Crippen LogP contribution < -0.4 is 5.11 Å². The van der Waals surface area contributed by atoms with Crippen molar-refractivity contribution in [2.24, 2.45) is 0 Å². The Morgan fingerprint density at radius 2 is 1.50 bits per heavy atom. The SMILES string of the molecule is CCCC/C=C/C(O)C[N+](CCCCC)(CCCCC)C(CC)C(=O)[O-]. The van der Waals surface area contributed by atoms with Crippen molar-refractivity contribution >= 4 is 5.97 Å². The van der Waals surface area contributed by atoms with Crippen LogP contribution in [0.5, 0.6) is 0 Å². The lowest BCUT2D eigenvalue weighted by Gasteiger charge is -2.46. The number of carbonyl (C=O) groups excluding carboxylic acids is 1. The Morgan fingerprint density at radius 1 is 0.962 bits per heavy atom. The van der Waals surface area contributed by atoms with Crippen molar-refractivity contribution in [2.75, 3.05) is 19.6 Å². The number of allylic oxidation sites excluding steroid dienone is 1. The molecule has 0 spiro atoms. The zero-order chi connectivity index (χ0) is 19.8. The molecule has 0 saturated heterocycles. The van der Waals surface area contributed by atoms with Gasteiger partial charge in [0, 0.05) is 6.42 Å². The van der Waals surface area contributed by atoms with Crippen molar-refractivity contribution in [3.63, 3.8) is 0 Å². The Morgan fingerprint density at radius 3 is 1.92 bits per heavy atom. The van der Waals surface area contributed by atoms with E-state index in [0.29, 0.717) is 17.4 Å². The zero-order valence-corrected chi connectivity index (χ0v) is 17.7. The highest BCUT2D eigenvalue weighted by molar-refractivity contribution is 5.69. The van der Waals surface area contributed by atoms with E-state index in [1.54, 1.807) is 0 Å². The Kier molecular flexibility index (Phi) is 14.7. The van der Waals surface area contributed by atoms with Crippen molar-refractivity contribution in [1.82, 2.24) is 0 Å². The monoisotopic (exact) mass is 369 g/mol. The molecule has 0 heterocycles. The molecule has 0 amide bonds. The van der Waals surface area contributed by atoms with Crippen LogP contribution in [0, 0.1) is 0 Å².